The second-order valence-corrected chi connectivity index (χ2v) is 3.70. The van der Waals surface area contributed by atoms with Gasteiger partial charge in [0.1, 0.15) is 16.9 Å². The molecule has 76 valence electrons. The van der Waals surface area contributed by atoms with E-state index in [2.05, 4.69) is 10.9 Å². The fraction of sp³-hybridized carbons (Fsp3) is 0.500. The third-order valence-electron chi connectivity index (χ3n) is 2.64. The van der Waals surface area contributed by atoms with E-state index in [1.807, 2.05) is 19.1 Å². The van der Waals surface area contributed by atoms with Crippen molar-refractivity contribution in [2.24, 2.45) is 0 Å². The molecule has 1 saturated carbocycles. The molecule has 0 spiro atoms. The Bertz CT molecular complexity index is 353. The average molecular weight is 194 g/mol. The van der Waals surface area contributed by atoms with E-state index in [9.17, 15) is 4.79 Å². The lowest BCUT2D eigenvalue weighted by molar-refractivity contribution is -0.124. The van der Waals surface area contributed by atoms with E-state index in [1.54, 1.807) is 7.05 Å². The van der Waals surface area contributed by atoms with Crippen molar-refractivity contribution in [2.45, 2.75) is 25.2 Å². The topological polar surface area (TPSA) is 54.3 Å². The second kappa shape index (κ2) is 3.13. The van der Waals surface area contributed by atoms with Crippen LogP contribution < -0.4 is 10.9 Å². The predicted molar refractivity (Wildman–Crippen MR) is 51.6 cm³/mol. The van der Waals surface area contributed by atoms with E-state index in [0.29, 0.717) is 0 Å². The van der Waals surface area contributed by atoms with Gasteiger partial charge in [0.05, 0.1) is 0 Å². The van der Waals surface area contributed by atoms with E-state index in [4.69, 9.17) is 4.42 Å². The van der Waals surface area contributed by atoms with E-state index in [1.165, 1.54) is 0 Å². The van der Waals surface area contributed by atoms with E-state index in [0.717, 1.165) is 24.4 Å². The zero-order chi connectivity index (χ0) is 10.2. The van der Waals surface area contributed by atoms with Crippen LogP contribution in [0.3, 0.4) is 0 Å². The highest BCUT2D eigenvalue weighted by Gasteiger charge is 2.53. The van der Waals surface area contributed by atoms with Crippen LogP contribution in [0.4, 0.5) is 0 Å². The van der Waals surface area contributed by atoms with Gasteiger partial charge in [0, 0.05) is 7.05 Å². The Hall–Kier alpha value is -1.29. The molecule has 2 N–H and O–H groups in total. The third-order valence-corrected chi connectivity index (χ3v) is 2.64. The Morgan fingerprint density at radius 2 is 2.21 bits per heavy atom. The standard InChI is InChI=1S/C10H14N2O2/c1-7-3-4-8(14-7)10(5-6-10)9(13)12-11-2/h3-4,11H,5-6H2,1-2H3,(H,12,13). The first kappa shape index (κ1) is 9.27. The molecule has 1 amide bonds. The van der Waals surface area contributed by atoms with E-state index in [-0.39, 0.29) is 5.91 Å². The van der Waals surface area contributed by atoms with Crippen molar-refractivity contribution in [1.29, 1.82) is 0 Å². The van der Waals surface area contributed by atoms with Crippen LogP contribution in [0.25, 0.3) is 0 Å². The Kier molecular flexibility index (Phi) is 2.07. The third kappa shape index (κ3) is 1.32. The largest absolute Gasteiger partial charge is 0.465 e. The van der Waals surface area contributed by atoms with Gasteiger partial charge in [-0.25, -0.2) is 5.43 Å². The summed E-state index contributed by atoms with van der Waals surface area (Å²) in [6.07, 6.45) is 1.74. The maximum absolute atomic E-state index is 11.7. The highest BCUT2D eigenvalue weighted by Crippen LogP contribution is 2.48. The van der Waals surface area contributed by atoms with Gasteiger partial charge < -0.3 is 4.42 Å². The smallest absolute Gasteiger partial charge is 0.247 e. The molecule has 0 aromatic carbocycles. The summed E-state index contributed by atoms with van der Waals surface area (Å²) in [5.41, 5.74) is 4.85. The zero-order valence-electron chi connectivity index (χ0n) is 8.39. The fourth-order valence-electron chi connectivity index (χ4n) is 1.64. The number of carbonyl (C=O) groups is 1. The van der Waals surface area contributed by atoms with Crippen molar-refractivity contribution in [3.63, 3.8) is 0 Å². The minimum atomic E-state index is -0.405. The molecule has 0 aliphatic heterocycles. The number of hydrazine groups is 1. The van der Waals surface area contributed by atoms with Gasteiger partial charge in [0.25, 0.3) is 0 Å². The summed E-state index contributed by atoms with van der Waals surface area (Å²) >= 11 is 0. The maximum atomic E-state index is 11.7. The predicted octanol–water partition coefficient (Wildman–Crippen LogP) is 0.870. The molecule has 1 aromatic heterocycles. The Morgan fingerprint density at radius 3 is 2.64 bits per heavy atom. The molecule has 2 rings (SSSR count). The molecule has 4 heteroatoms. The van der Waals surface area contributed by atoms with Crippen LogP contribution in [0.2, 0.25) is 0 Å². The van der Waals surface area contributed by atoms with Gasteiger partial charge in [-0.15, -0.1) is 0 Å². The highest BCUT2D eigenvalue weighted by atomic mass is 16.3. The van der Waals surface area contributed by atoms with Crippen LogP contribution >= 0.6 is 0 Å². The van der Waals surface area contributed by atoms with Gasteiger partial charge in [0.2, 0.25) is 5.91 Å². The number of amides is 1. The highest BCUT2D eigenvalue weighted by molar-refractivity contribution is 5.90. The quantitative estimate of drug-likeness (QED) is 0.702. The first-order valence-electron chi connectivity index (χ1n) is 4.73. The van der Waals surface area contributed by atoms with Crippen molar-refractivity contribution in [2.75, 3.05) is 7.05 Å². The number of nitrogens with one attached hydrogen (secondary N) is 2. The Balaban J connectivity index is 2.21. The summed E-state index contributed by atoms with van der Waals surface area (Å²) in [5, 5.41) is 0. The summed E-state index contributed by atoms with van der Waals surface area (Å²) < 4.78 is 5.49. The molecule has 1 fully saturated rings. The van der Waals surface area contributed by atoms with Gasteiger partial charge in [0.15, 0.2) is 0 Å². The normalized spacial score (nSPS) is 17.9. The first-order valence-corrected chi connectivity index (χ1v) is 4.73. The number of furan rings is 1. The van der Waals surface area contributed by atoms with Crippen molar-refractivity contribution in [3.8, 4) is 0 Å². The van der Waals surface area contributed by atoms with Gasteiger partial charge >= 0.3 is 0 Å². The number of hydrogen-bond acceptors (Lipinski definition) is 3. The summed E-state index contributed by atoms with van der Waals surface area (Å²) in [7, 11) is 1.68. The summed E-state index contributed by atoms with van der Waals surface area (Å²) in [5.74, 6) is 1.63. The number of rotatable bonds is 3. The summed E-state index contributed by atoms with van der Waals surface area (Å²) in [6, 6.07) is 3.78. The van der Waals surface area contributed by atoms with Crippen LogP contribution in [0, 0.1) is 6.92 Å². The van der Waals surface area contributed by atoms with Gasteiger partial charge in [-0.1, -0.05) is 0 Å². The van der Waals surface area contributed by atoms with Gasteiger partial charge in [-0.3, -0.25) is 10.2 Å². The van der Waals surface area contributed by atoms with Gasteiger partial charge in [-0.05, 0) is 31.9 Å². The fourth-order valence-corrected chi connectivity index (χ4v) is 1.64. The van der Waals surface area contributed by atoms with Crippen molar-refractivity contribution < 1.29 is 9.21 Å². The van der Waals surface area contributed by atoms with E-state index < -0.39 is 5.41 Å². The van der Waals surface area contributed by atoms with Crippen molar-refractivity contribution >= 4 is 5.91 Å². The Labute approximate surface area is 82.6 Å². The molecule has 0 radical (unpaired) electrons. The van der Waals surface area contributed by atoms with Crippen molar-refractivity contribution in [3.05, 3.63) is 23.7 Å². The number of aryl methyl sites for hydroxylation is 1. The molecule has 0 unspecified atom stereocenters. The monoisotopic (exact) mass is 194 g/mol. The molecule has 1 aromatic rings. The van der Waals surface area contributed by atoms with Crippen LogP contribution in [0.5, 0.6) is 0 Å². The van der Waals surface area contributed by atoms with Crippen LogP contribution in [0.15, 0.2) is 16.5 Å². The lowest BCUT2D eigenvalue weighted by atomic mass is 10.0. The van der Waals surface area contributed by atoms with E-state index >= 15 is 0 Å². The second-order valence-electron chi connectivity index (χ2n) is 3.70. The molecule has 1 aliphatic carbocycles. The number of carbonyl (C=O) groups excluding carboxylic acids is 1. The lowest BCUT2D eigenvalue weighted by Gasteiger charge is -2.11. The zero-order valence-corrected chi connectivity index (χ0v) is 8.39. The lowest BCUT2D eigenvalue weighted by Crippen LogP contribution is -2.41. The van der Waals surface area contributed by atoms with Crippen LogP contribution in [-0.4, -0.2) is 13.0 Å². The average Bonchev–Trinajstić information content (AvgIpc) is 2.85. The summed E-state index contributed by atoms with van der Waals surface area (Å²) in [6.45, 7) is 1.88. The minimum Gasteiger partial charge on any atom is -0.465 e. The molecule has 0 bridgehead atoms. The van der Waals surface area contributed by atoms with Crippen LogP contribution in [-0.2, 0) is 10.2 Å². The summed E-state index contributed by atoms with van der Waals surface area (Å²) in [4.78, 5) is 11.7. The maximum Gasteiger partial charge on any atom is 0.247 e. The molecule has 1 aliphatic rings. The van der Waals surface area contributed by atoms with Gasteiger partial charge in [-0.2, -0.15) is 0 Å². The molecular formula is C10H14N2O2. The molecule has 0 saturated heterocycles. The molecule has 14 heavy (non-hydrogen) atoms. The molecular weight excluding hydrogens is 180 g/mol. The molecule has 1 heterocycles. The molecule has 0 atom stereocenters. The minimum absolute atomic E-state index is 0.00523. The Morgan fingerprint density at radius 1 is 1.50 bits per heavy atom. The SMILES string of the molecule is CNNC(=O)C1(c2ccc(C)o2)CC1. The molecule has 4 nitrogen and oxygen atoms in total. The van der Waals surface area contributed by atoms with Crippen LogP contribution in [0.1, 0.15) is 24.4 Å². The first-order chi connectivity index (χ1) is 6.69. The number of hydrogen-bond donors (Lipinski definition) is 2. The van der Waals surface area contributed by atoms with Crippen molar-refractivity contribution in [1.82, 2.24) is 10.9 Å².